The van der Waals surface area contributed by atoms with Gasteiger partial charge >= 0.3 is 60.6 Å². The zero-order valence-corrected chi connectivity index (χ0v) is 13.5. The van der Waals surface area contributed by atoms with Gasteiger partial charge in [-0.25, -0.2) is 22.7 Å². The fourth-order valence-electron chi connectivity index (χ4n) is 0.757. The van der Waals surface area contributed by atoms with Crippen LogP contribution in [-0.4, -0.2) is 6.16 Å². The van der Waals surface area contributed by atoms with Gasteiger partial charge in [0, 0.05) is 0 Å². The molecule has 3 saturated heterocycles. The van der Waals surface area contributed by atoms with Crippen molar-refractivity contribution in [1.82, 2.24) is 0 Å². The topological polar surface area (TPSA) is 167 Å². The molecule has 2 bridgehead atoms. The van der Waals surface area contributed by atoms with E-state index in [-0.39, 0.29) is 46.6 Å². The standard InChI is InChI=1S/CH3O11P3.Fe.Na/c2-13(3,4)12-14(5,6)8-1-9-15(7,10-1)11-1;;/h(H,5,6)(H2,2,3,4);;/q;+2;+1/p-3. The van der Waals surface area contributed by atoms with Gasteiger partial charge in [0.15, 0.2) is 0 Å². The van der Waals surface area contributed by atoms with E-state index in [2.05, 4.69) is 22.4 Å². The van der Waals surface area contributed by atoms with Crippen molar-refractivity contribution < 1.29 is 97.4 Å². The van der Waals surface area contributed by atoms with Gasteiger partial charge in [-0.3, -0.25) is 8.88 Å². The van der Waals surface area contributed by atoms with Crippen LogP contribution in [0.5, 0.6) is 0 Å². The Balaban J connectivity index is 0.00000128. The molecule has 1 unspecified atom stereocenters. The molecule has 0 aromatic rings. The Hall–Kier alpha value is 1.89. The van der Waals surface area contributed by atoms with E-state index in [0.29, 0.717) is 0 Å². The summed E-state index contributed by atoms with van der Waals surface area (Å²) in [6, 6.07) is 0. The summed E-state index contributed by atoms with van der Waals surface area (Å²) in [7, 11) is -15.0. The molecule has 0 aromatic heterocycles. The van der Waals surface area contributed by atoms with Crippen molar-refractivity contribution in [2.24, 2.45) is 0 Å². The third kappa shape index (κ3) is 4.44. The molecule has 0 saturated carbocycles. The second-order valence-corrected chi connectivity index (χ2v) is 6.36. The van der Waals surface area contributed by atoms with Crippen LogP contribution < -0.4 is 44.2 Å². The van der Waals surface area contributed by atoms with Crippen LogP contribution >= 0.6 is 23.5 Å². The summed E-state index contributed by atoms with van der Waals surface area (Å²) < 4.78 is 50.2. The SMILES string of the molecule is O=P([O-])([O-])OP(=O)([O-])OC12OP(=O)(O1)O2.[Fe+2].[Na+]. The molecule has 0 N–H and O–H groups in total. The van der Waals surface area contributed by atoms with E-state index in [0.717, 1.165) is 0 Å². The van der Waals surface area contributed by atoms with Crippen molar-refractivity contribution >= 4 is 23.5 Å². The Labute approximate surface area is 126 Å². The van der Waals surface area contributed by atoms with Gasteiger partial charge in [-0.1, -0.05) is 0 Å². The average molecular weight is 360 g/mol. The molecule has 0 aromatic carbocycles. The Bertz CT molecular complexity index is 413. The second-order valence-electron chi connectivity index (χ2n) is 2.29. The Kier molecular flexibility index (Phi) is 5.94. The van der Waals surface area contributed by atoms with Crippen LogP contribution in [0.2, 0.25) is 0 Å². The van der Waals surface area contributed by atoms with E-state index in [1.54, 1.807) is 0 Å². The van der Waals surface area contributed by atoms with Gasteiger partial charge in [0.2, 0.25) is 0 Å². The third-order valence-electron chi connectivity index (χ3n) is 1.09. The summed E-state index contributed by atoms with van der Waals surface area (Å²) in [6.07, 6.45) is -2.58. The minimum absolute atomic E-state index is 0. The average Bonchev–Trinajstić information content (AvgIpc) is 1.73. The normalized spacial score (nSPS) is 37.6. The summed E-state index contributed by atoms with van der Waals surface area (Å²) in [5.74, 6) is 0. The Morgan fingerprint density at radius 1 is 1.12 bits per heavy atom. The second kappa shape index (κ2) is 5.35. The van der Waals surface area contributed by atoms with Crippen molar-refractivity contribution in [2.75, 3.05) is 0 Å². The number of hydrogen-bond donors (Lipinski definition) is 0. The molecular formula is CFeNaO11P3. The molecule has 3 heterocycles. The zero-order chi connectivity index (χ0) is 11.5. The molecule has 16 heteroatoms. The van der Waals surface area contributed by atoms with Crippen LogP contribution in [0.15, 0.2) is 0 Å². The van der Waals surface area contributed by atoms with Crippen LogP contribution in [-0.2, 0) is 53.2 Å². The molecule has 3 aliphatic rings. The summed E-state index contributed by atoms with van der Waals surface area (Å²) in [5.41, 5.74) is 0. The van der Waals surface area contributed by atoms with Gasteiger partial charge in [0.1, 0.15) is 0 Å². The fraction of sp³-hybridized carbons (Fsp3) is 1.00. The summed E-state index contributed by atoms with van der Waals surface area (Å²) >= 11 is 0. The van der Waals surface area contributed by atoms with E-state index >= 15 is 0 Å². The third-order valence-corrected chi connectivity index (χ3v) is 4.48. The molecule has 11 nitrogen and oxygen atoms in total. The summed E-state index contributed by atoms with van der Waals surface area (Å²) in [5, 5.41) is 0. The van der Waals surface area contributed by atoms with Crippen LogP contribution in [0.25, 0.3) is 0 Å². The van der Waals surface area contributed by atoms with E-state index in [1.807, 2.05) is 0 Å². The molecular weight excluding hydrogens is 360 g/mol. The van der Waals surface area contributed by atoms with Crippen molar-refractivity contribution in [2.45, 2.75) is 6.16 Å². The van der Waals surface area contributed by atoms with Crippen molar-refractivity contribution in [1.29, 1.82) is 0 Å². The van der Waals surface area contributed by atoms with Crippen molar-refractivity contribution in [3.8, 4) is 0 Å². The summed E-state index contributed by atoms with van der Waals surface area (Å²) in [6.45, 7) is 0. The minimum atomic E-state index is -5.80. The Morgan fingerprint density at radius 2 is 1.53 bits per heavy atom. The van der Waals surface area contributed by atoms with Crippen LogP contribution in [0, 0.1) is 0 Å². The molecule has 94 valence electrons. The molecule has 1 atom stereocenters. The van der Waals surface area contributed by atoms with Crippen LogP contribution in [0.3, 0.4) is 0 Å². The first-order valence-electron chi connectivity index (χ1n) is 3.01. The molecule has 17 heavy (non-hydrogen) atoms. The van der Waals surface area contributed by atoms with Crippen LogP contribution in [0.1, 0.15) is 0 Å². The van der Waals surface area contributed by atoms with E-state index < -0.39 is 29.6 Å². The predicted octanol–water partition coefficient (Wildman–Crippen LogP) is -4.89. The van der Waals surface area contributed by atoms with Gasteiger partial charge in [0.25, 0.3) is 7.82 Å². The number of phosphoric acid groups is 3. The smallest absolute Gasteiger partial charge is 0.790 e. The maximum absolute atomic E-state index is 10.7. The van der Waals surface area contributed by atoms with Gasteiger partial charge in [-0.2, -0.15) is 0 Å². The van der Waals surface area contributed by atoms with Gasteiger partial charge in [-0.15, -0.1) is 0 Å². The van der Waals surface area contributed by atoms with Gasteiger partial charge in [0.05, 0.1) is 7.82 Å². The summed E-state index contributed by atoms with van der Waals surface area (Å²) in [4.78, 5) is 30.5. The predicted molar refractivity (Wildman–Crippen MR) is 31.0 cm³/mol. The van der Waals surface area contributed by atoms with E-state index in [9.17, 15) is 28.4 Å². The maximum Gasteiger partial charge on any atom is 2.00 e. The molecule has 0 amide bonds. The molecule has 3 fully saturated rings. The number of rotatable bonds is 4. The van der Waals surface area contributed by atoms with E-state index in [1.165, 1.54) is 0 Å². The van der Waals surface area contributed by atoms with Crippen molar-refractivity contribution in [3.05, 3.63) is 0 Å². The number of hydrogen-bond acceptors (Lipinski definition) is 11. The monoisotopic (exact) mass is 360 g/mol. The molecule has 0 spiro atoms. The van der Waals surface area contributed by atoms with E-state index in [4.69, 9.17) is 0 Å². The largest absolute Gasteiger partial charge is 2.00 e. The first-order chi connectivity index (χ1) is 6.54. The molecule has 3 rings (SSSR count). The Morgan fingerprint density at radius 3 is 1.82 bits per heavy atom. The zero-order valence-electron chi connectivity index (χ0n) is 7.69. The molecule has 0 aliphatic carbocycles. The van der Waals surface area contributed by atoms with Gasteiger partial charge < -0.3 is 19.2 Å². The van der Waals surface area contributed by atoms with Crippen molar-refractivity contribution in [3.63, 3.8) is 0 Å². The van der Waals surface area contributed by atoms with Gasteiger partial charge in [-0.05, 0) is 0 Å². The first-order valence-corrected chi connectivity index (χ1v) is 7.39. The number of phosphoric ester groups is 2. The fourth-order valence-corrected chi connectivity index (χ4v) is 3.41. The minimum Gasteiger partial charge on any atom is -0.790 e. The first kappa shape index (κ1) is 18.9. The molecule has 0 radical (unpaired) electrons. The molecule has 3 aliphatic heterocycles. The maximum atomic E-state index is 10.7. The van der Waals surface area contributed by atoms with Crippen LogP contribution in [0.4, 0.5) is 0 Å². The quantitative estimate of drug-likeness (QED) is 0.348.